The number of carbonyl (C=O) groups is 1. The van der Waals surface area contributed by atoms with Crippen LogP contribution >= 0.6 is 11.6 Å². The number of hydrogen-bond acceptors (Lipinski definition) is 2. The van der Waals surface area contributed by atoms with Crippen molar-refractivity contribution < 1.29 is 4.79 Å². The van der Waals surface area contributed by atoms with Gasteiger partial charge < -0.3 is 0 Å². The van der Waals surface area contributed by atoms with Crippen LogP contribution in [-0.4, -0.2) is 24.4 Å². The van der Waals surface area contributed by atoms with Gasteiger partial charge in [-0.15, -0.1) is 0 Å². The topological polar surface area (TPSA) is 41.8 Å². The monoisotopic (exact) mass is 450 g/mol. The van der Waals surface area contributed by atoms with Crippen molar-refractivity contribution in [2.45, 2.75) is 101 Å². The van der Waals surface area contributed by atoms with Crippen molar-refractivity contribution >= 4 is 28.9 Å². The van der Waals surface area contributed by atoms with E-state index in [1.54, 1.807) is 26.1 Å². The third-order valence-corrected chi connectivity index (χ3v) is 3.96. The van der Waals surface area contributed by atoms with E-state index < -0.39 is 0 Å². The second-order valence-corrected chi connectivity index (χ2v) is 7.94. The van der Waals surface area contributed by atoms with Crippen molar-refractivity contribution in [3.63, 3.8) is 0 Å². The molecule has 31 heavy (non-hydrogen) atoms. The largest absolute Gasteiger partial charge is 0.295 e. The van der Waals surface area contributed by atoms with Crippen LogP contribution in [0.3, 0.4) is 0 Å². The van der Waals surface area contributed by atoms with Crippen LogP contribution in [0.25, 0.3) is 0 Å². The summed E-state index contributed by atoms with van der Waals surface area (Å²) in [5.41, 5.74) is 3.33. The van der Waals surface area contributed by atoms with Gasteiger partial charge in [-0.25, -0.2) is 4.99 Å². The van der Waals surface area contributed by atoms with Crippen molar-refractivity contribution in [1.82, 2.24) is 0 Å². The van der Waals surface area contributed by atoms with E-state index in [0.717, 1.165) is 16.9 Å². The maximum atomic E-state index is 11.6. The number of rotatable bonds is 9. The van der Waals surface area contributed by atoms with E-state index in [9.17, 15) is 4.79 Å². The number of halogens is 1. The van der Waals surface area contributed by atoms with Crippen LogP contribution in [0.1, 0.15) is 101 Å². The molecule has 0 saturated heterocycles. The van der Waals surface area contributed by atoms with Crippen molar-refractivity contribution in [3.05, 3.63) is 46.1 Å². The molecular formula is C27H47ClN2O. The Morgan fingerprint density at radius 3 is 1.71 bits per heavy atom. The molecule has 0 N–H and O–H groups in total. The van der Waals surface area contributed by atoms with Gasteiger partial charge in [0.05, 0.1) is 0 Å². The Balaban J connectivity index is -0.000000733. The lowest BCUT2D eigenvalue weighted by atomic mass is 10.1. The molecule has 0 atom stereocenters. The van der Waals surface area contributed by atoms with E-state index >= 15 is 0 Å². The Morgan fingerprint density at radius 1 is 0.839 bits per heavy atom. The number of allylic oxidation sites excluding steroid dienone is 7. The van der Waals surface area contributed by atoms with Gasteiger partial charge in [-0.2, -0.15) is 0 Å². The first-order valence-electron chi connectivity index (χ1n) is 11.5. The van der Waals surface area contributed by atoms with E-state index in [1.807, 2.05) is 60.6 Å². The molecule has 0 bridgehead atoms. The van der Waals surface area contributed by atoms with Crippen LogP contribution in [-0.2, 0) is 4.79 Å². The van der Waals surface area contributed by atoms with Crippen LogP contribution < -0.4 is 0 Å². The lowest BCUT2D eigenvalue weighted by Crippen LogP contribution is -2.03. The zero-order chi connectivity index (χ0) is 24.8. The smallest absolute Gasteiger partial charge is 0.159 e. The number of nitrogens with zero attached hydrogens (tertiary/aromatic N) is 2. The highest BCUT2D eigenvalue weighted by Gasteiger charge is 2.03. The first-order chi connectivity index (χ1) is 14.6. The summed E-state index contributed by atoms with van der Waals surface area (Å²) in [6, 6.07) is 0. The SMILES string of the molecule is CC.CCCCCCC.CN=C(N=C(C)/C=C(\C=C(C)C)C(C)=O)/C(C)=C/C=C(\C)Cl. The van der Waals surface area contributed by atoms with Gasteiger partial charge in [0.2, 0.25) is 0 Å². The number of aliphatic imine (C=N–C) groups is 2. The molecule has 0 aliphatic rings. The summed E-state index contributed by atoms with van der Waals surface area (Å²) in [5.74, 6) is 0.627. The van der Waals surface area contributed by atoms with Gasteiger partial charge in [-0.05, 0) is 59.3 Å². The van der Waals surface area contributed by atoms with Crippen LogP contribution in [0.5, 0.6) is 0 Å². The molecule has 0 heterocycles. The van der Waals surface area contributed by atoms with Gasteiger partial charge in [0.25, 0.3) is 0 Å². The molecule has 0 saturated carbocycles. The minimum absolute atomic E-state index is 0.0127. The third kappa shape index (κ3) is 22.8. The van der Waals surface area contributed by atoms with Gasteiger partial charge in [-0.1, -0.05) is 89.1 Å². The molecule has 3 nitrogen and oxygen atoms in total. The zero-order valence-electron chi connectivity index (χ0n) is 22.0. The molecular weight excluding hydrogens is 404 g/mol. The maximum Gasteiger partial charge on any atom is 0.159 e. The van der Waals surface area contributed by atoms with Crippen LogP contribution in [0.4, 0.5) is 0 Å². The average molecular weight is 451 g/mol. The molecule has 0 aromatic heterocycles. The van der Waals surface area contributed by atoms with Gasteiger partial charge in [-0.3, -0.25) is 9.79 Å². The van der Waals surface area contributed by atoms with Crippen LogP contribution in [0.2, 0.25) is 0 Å². The van der Waals surface area contributed by atoms with E-state index in [1.165, 1.54) is 32.1 Å². The first-order valence-corrected chi connectivity index (χ1v) is 11.9. The van der Waals surface area contributed by atoms with Crippen molar-refractivity contribution in [3.8, 4) is 0 Å². The fraction of sp³-hybridized carbons (Fsp3) is 0.593. The summed E-state index contributed by atoms with van der Waals surface area (Å²) < 4.78 is 0. The number of Topliss-reactive ketones (excluding diaryl/α,β-unsaturated/α-hetero) is 1. The summed E-state index contributed by atoms with van der Waals surface area (Å²) in [7, 11) is 1.69. The highest BCUT2D eigenvalue weighted by Crippen LogP contribution is 2.07. The van der Waals surface area contributed by atoms with Crippen LogP contribution in [0, 0.1) is 0 Å². The molecule has 178 valence electrons. The van der Waals surface area contributed by atoms with Crippen molar-refractivity contribution in [1.29, 1.82) is 0 Å². The average Bonchev–Trinajstić information content (AvgIpc) is 2.71. The Morgan fingerprint density at radius 2 is 1.35 bits per heavy atom. The standard InChI is InChI=1S/C18H25ClN2O.C7H16.C2H6/c1-12(2)10-17(16(6)22)11-15(5)21-18(20-7)13(3)8-9-14(4)19;1-3-5-7-6-4-2;1-2/h8-11H,1-7H3;3-7H2,1-2H3;1-2H3/b13-8+,14-9+,17-11+,20-18?,21-15?;;. The van der Waals surface area contributed by atoms with E-state index in [0.29, 0.717) is 16.4 Å². The van der Waals surface area contributed by atoms with Gasteiger partial charge in [0, 0.05) is 23.4 Å². The second-order valence-electron chi connectivity index (χ2n) is 7.34. The molecule has 0 amide bonds. The minimum atomic E-state index is 0.0127. The molecule has 0 rings (SSSR count). The Kier molecular flexibility index (Phi) is 25.1. The zero-order valence-corrected chi connectivity index (χ0v) is 22.8. The normalized spacial score (nSPS) is 13.0. The summed E-state index contributed by atoms with van der Waals surface area (Å²) in [5, 5.41) is 0.692. The molecule has 0 radical (unpaired) electrons. The first kappa shape index (κ1) is 33.9. The van der Waals surface area contributed by atoms with Crippen molar-refractivity contribution in [2.75, 3.05) is 7.05 Å². The van der Waals surface area contributed by atoms with E-state index in [-0.39, 0.29) is 5.78 Å². The third-order valence-electron chi connectivity index (χ3n) is 3.83. The number of ketones is 1. The Hall–Kier alpha value is -1.74. The van der Waals surface area contributed by atoms with Gasteiger partial charge in [0.1, 0.15) is 5.84 Å². The second kappa shape index (κ2) is 22.9. The van der Waals surface area contributed by atoms with Gasteiger partial charge in [0.15, 0.2) is 5.78 Å². The molecule has 4 heteroatoms. The molecule has 0 aromatic rings. The molecule has 0 spiro atoms. The number of hydrogen-bond donors (Lipinski definition) is 0. The Labute approximate surface area is 198 Å². The maximum absolute atomic E-state index is 11.6. The van der Waals surface area contributed by atoms with Crippen LogP contribution in [0.15, 0.2) is 56.0 Å². The number of carbonyl (C=O) groups excluding carboxylic acids is 1. The molecule has 0 aromatic carbocycles. The highest BCUT2D eigenvalue weighted by molar-refractivity contribution is 6.29. The van der Waals surface area contributed by atoms with Gasteiger partial charge >= 0.3 is 0 Å². The predicted molar refractivity (Wildman–Crippen MR) is 144 cm³/mol. The molecule has 0 fully saturated rings. The number of unbranched alkanes of at least 4 members (excludes halogenated alkanes) is 4. The lowest BCUT2D eigenvalue weighted by Gasteiger charge is -2.02. The summed E-state index contributed by atoms with van der Waals surface area (Å²) in [6.45, 7) is 19.5. The molecule has 0 unspecified atom stereocenters. The quantitative estimate of drug-likeness (QED) is 0.113. The number of amidine groups is 1. The lowest BCUT2D eigenvalue weighted by molar-refractivity contribution is -0.113. The van der Waals surface area contributed by atoms with Crippen molar-refractivity contribution in [2.24, 2.45) is 9.98 Å². The molecule has 0 aliphatic heterocycles. The summed E-state index contributed by atoms with van der Waals surface area (Å²) in [6.07, 6.45) is 14.3. The summed E-state index contributed by atoms with van der Waals surface area (Å²) in [4.78, 5) is 20.3. The predicted octanol–water partition coefficient (Wildman–Crippen LogP) is 9.05. The van der Waals surface area contributed by atoms with E-state index in [4.69, 9.17) is 11.6 Å². The van der Waals surface area contributed by atoms with E-state index in [2.05, 4.69) is 23.8 Å². The fourth-order valence-corrected chi connectivity index (χ4v) is 2.35. The molecule has 0 aliphatic carbocycles. The minimum Gasteiger partial charge on any atom is -0.295 e. The summed E-state index contributed by atoms with van der Waals surface area (Å²) >= 11 is 5.81. The Bertz CT molecular complexity index is 665. The fourth-order valence-electron chi connectivity index (χ4n) is 2.29. The highest BCUT2D eigenvalue weighted by atomic mass is 35.5.